The number of rotatable bonds is 10. The van der Waals surface area contributed by atoms with E-state index in [1.54, 1.807) is 7.11 Å². The molecule has 0 amide bonds. The highest BCUT2D eigenvalue weighted by atomic mass is 32.2. The molecule has 0 saturated heterocycles. The van der Waals surface area contributed by atoms with Crippen molar-refractivity contribution in [3.05, 3.63) is 0 Å². The van der Waals surface area contributed by atoms with Crippen molar-refractivity contribution in [2.24, 2.45) is 0 Å². The molecule has 0 spiro atoms. The summed E-state index contributed by atoms with van der Waals surface area (Å²) in [6, 6.07) is 0.455. The lowest BCUT2D eigenvalue weighted by Crippen LogP contribution is -2.30. The Morgan fingerprint density at radius 1 is 1.19 bits per heavy atom. The van der Waals surface area contributed by atoms with Gasteiger partial charge in [-0.05, 0) is 19.4 Å². The van der Waals surface area contributed by atoms with Crippen molar-refractivity contribution < 1.29 is 13.2 Å². The van der Waals surface area contributed by atoms with Gasteiger partial charge in [-0.15, -0.1) is 0 Å². The Hall–Kier alpha value is -0.170. The molecule has 5 nitrogen and oxygen atoms in total. The predicted molar refractivity (Wildman–Crippen MR) is 66.0 cm³/mol. The summed E-state index contributed by atoms with van der Waals surface area (Å²) in [5.74, 6) is 0.191. The first-order chi connectivity index (χ1) is 7.48. The van der Waals surface area contributed by atoms with E-state index in [2.05, 4.69) is 23.9 Å². The Morgan fingerprint density at radius 2 is 1.88 bits per heavy atom. The van der Waals surface area contributed by atoms with Gasteiger partial charge in [-0.25, -0.2) is 13.1 Å². The van der Waals surface area contributed by atoms with Crippen molar-refractivity contribution in [1.82, 2.24) is 10.0 Å². The summed E-state index contributed by atoms with van der Waals surface area (Å²) in [6.45, 7) is 5.77. The van der Waals surface area contributed by atoms with Gasteiger partial charge in [-0.1, -0.05) is 13.8 Å². The van der Waals surface area contributed by atoms with Crippen LogP contribution in [0.3, 0.4) is 0 Å². The number of hydrogen-bond donors (Lipinski definition) is 2. The average Bonchev–Trinajstić information content (AvgIpc) is 2.16. The number of unbranched alkanes of at least 4 members (excludes halogenated alkanes) is 1. The Bertz CT molecular complexity index is 253. The second-order valence-corrected chi connectivity index (χ2v) is 5.95. The third kappa shape index (κ3) is 10.4. The third-order valence-corrected chi connectivity index (χ3v) is 3.49. The van der Waals surface area contributed by atoms with Crippen LogP contribution in [0, 0.1) is 0 Å². The van der Waals surface area contributed by atoms with E-state index in [0.717, 1.165) is 13.0 Å². The molecule has 16 heavy (non-hydrogen) atoms. The van der Waals surface area contributed by atoms with Gasteiger partial charge < -0.3 is 10.1 Å². The Morgan fingerprint density at radius 3 is 2.44 bits per heavy atom. The molecule has 6 heteroatoms. The molecule has 0 fully saturated rings. The third-order valence-electron chi connectivity index (χ3n) is 2.02. The van der Waals surface area contributed by atoms with Crippen LogP contribution in [0.4, 0.5) is 0 Å². The van der Waals surface area contributed by atoms with Crippen molar-refractivity contribution >= 4 is 10.0 Å². The van der Waals surface area contributed by atoms with Gasteiger partial charge >= 0.3 is 0 Å². The predicted octanol–water partition coefficient (Wildman–Crippen LogP) is 0.330. The quantitative estimate of drug-likeness (QED) is 0.550. The van der Waals surface area contributed by atoms with Crippen LogP contribution in [-0.2, 0) is 14.8 Å². The minimum absolute atomic E-state index is 0.191. The van der Waals surface area contributed by atoms with Crippen molar-refractivity contribution in [3.63, 3.8) is 0 Å². The number of sulfonamides is 1. The highest BCUT2D eigenvalue weighted by Crippen LogP contribution is 1.94. The van der Waals surface area contributed by atoms with Crippen LogP contribution >= 0.6 is 0 Å². The van der Waals surface area contributed by atoms with Gasteiger partial charge in [-0.2, -0.15) is 0 Å². The molecule has 0 heterocycles. The second kappa shape index (κ2) is 8.92. The summed E-state index contributed by atoms with van der Waals surface area (Å²) >= 11 is 0. The molecule has 0 atom stereocenters. The molecular weight excluding hydrogens is 228 g/mol. The number of ether oxygens (including phenoxy) is 1. The first kappa shape index (κ1) is 15.8. The van der Waals surface area contributed by atoms with E-state index in [1.807, 2.05) is 0 Å². The van der Waals surface area contributed by atoms with Gasteiger partial charge in [0, 0.05) is 19.7 Å². The maximum Gasteiger partial charge on any atom is 0.211 e. The molecule has 0 saturated carbocycles. The van der Waals surface area contributed by atoms with Crippen molar-refractivity contribution in [3.8, 4) is 0 Å². The van der Waals surface area contributed by atoms with Crippen LogP contribution in [0.15, 0.2) is 0 Å². The highest BCUT2D eigenvalue weighted by molar-refractivity contribution is 7.89. The molecule has 0 aromatic carbocycles. The Labute approximate surface area is 99.0 Å². The molecule has 0 aromatic heterocycles. The summed E-state index contributed by atoms with van der Waals surface area (Å²) in [4.78, 5) is 0. The zero-order valence-corrected chi connectivity index (χ0v) is 11.3. The number of methoxy groups -OCH3 is 1. The fraction of sp³-hybridized carbons (Fsp3) is 1.00. The van der Waals surface area contributed by atoms with Crippen LogP contribution in [0.5, 0.6) is 0 Å². The van der Waals surface area contributed by atoms with Crippen LogP contribution in [-0.4, -0.2) is 47.0 Å². The second-order valence-electron chi connectivity index (χ2n) is 4.02. The summed E-state index contributed by atoms with van der Waals surface area (Å²) in [6.07, 6.45) is 1.56. The van der Waals surface area contributed by atoms with Gasteiger partial charge in [0.05, 0.1) is 12.4 Å². The van der Waals surface area contributed by atoms with Gasteiger partial charge in [0.25, 0.3) is 0 Å². The molecule has 0 radical (unpaired) electrons. The lowest BCUT2D eigenvalue weighted by molar-refractivity contribution is 0.204. The van der Waals surface area contributed by atoms with Gasteiger partial charge in [0.15, 0.2) is 0 Å². The first-order valence-corrected chi connectivity index (χ1v) is 7.33. The lowest BCUT2D eigenvalue weighted by Gasteiger charge is -2.08. The van der Waals surface area contributed by atoms with E-state index in [4.69, 9.17) is 4.74 Å². The molecule has 0 aliphatic carbocycles. The van der Waals surface area contributed by atoms with Crippen molar-refractivity contribution in [2.75, 3.05) is 32.6 Å². The molecule has 98 valence electrons. The van der Waals surface area contributed by atoms with E-state index < -0.39 is 10.0 Å². The van der Waals surface area contributed by atoms with E-state index in [9.17, 15) is 8.42 Å². The van der Waals surface area contributed by atoms with E-state index in [-0.39, 0.29) is 5.75 Å². The summed E-state index contributed by atoms with van der Waals surface area (Å²) in [7, 11) is -1.56. The summed E-state index contributed by atoms with van der Waals surface area (Å²) < 4.78 is 30.1. The molecule has 2 N–H and O–H groups in total. The molecule has 0 aliphatic rings. The lowest BCUT2D eigenvalue weighted by atomic mass is 10.3. The maximum atomic E-state index is 11.4. The van der Waals surface area contributed by atoms with E-state index in [0.29, 0.717) is 25.6 Å². The zero-order chi connectivity index (χ0) is 12.4. The molecule has 0 rings (SSSR count). The fourth-order valence-corrected chi connectivity index (χ4v) is 2.30. The largest absolute Gasteiger partial charge is 0.383 e. The molecule has 0 aromatic rings. The average molecular weight is 252 g/mol. The molecule has 0 bridgehead atoms. The van der Waals surface area contributed by atoms with Gasteiger partial charge in [0.2, 0.25) is 10.0 Å². The summed E-state index contributed by atoms with van der Waals surface area (Å²) in [5, 5.41) is 3.25. The van der Waals surface area contributed by atoms with Crippen LogP contribution in [0.2, 0.25) is 0 Å². The maximum absolute atomic E-state index is 11.4. The smallest absolute Gasteiger partial charge is 0.211 e. The van der Waals surface area contributed by atoms with Crippen LogP contribution in [0.1, 0.15) is 26.7 Å². The van der Waals surface area contributed by atoms with Crippen LogP contribution < -0.4 is 10.0 Å². The summed E-state index contributed by atoms with van der Waals surface area (Å²) in [5.41, 5.74) is 0. The molecule has 0 unspecified atom stereocenters. The van der Waals surface area contributed by atoms with E-state index in [1.165, 1.54) is 0 Å². The first-order valence-electron chi connectivity index (χ1n) is 5.67. The van der Waals surface area contributed by atoms with Gasteiger partial charge in [0.1, 0.15) is 0 Å². The Balaban J connectivity index is 3.51. The van der Waals surface area contributed by atoms with Crippen LogP contribution in [0.25, 0.3) is 0 Å². The molecule has 0 aliphatic heterocycles. The molecular formula is C10H24N2O3S. The monoisotopic (exact) mass is 252 g/mol. The Kier molecular flexibility index (Phi) is 8.83. The minimum atomic E-state index is -3.11. The SMILES string of the molecule is COCCNS(=O)(=O)CCCCNC(C)C. The zero-order valence-electron chi connectivity index (χ0n) is 10.5. The minimum Gasteiger partial charge on any atom is -0.383 e. The normalized spacial score (nSPS) is 12.2. The highest BCUT2D eigenvalue weighted by Gasteiger charge is 2.08. The fourth-order valence-electron chi connectivity index (χ4n) is 1.18. The van der Waals surface area contributed by atoms with E-state index >= 15 is 0 Å². The topological polar surface area (TPSA) is 67.4 Å². The van der Waals surface area contributed by atoms with Gasteiger partial charge in [-0.3, -0.25) is 0 Å². The van der Waals surface area contributed by atoms with Crippen molar-refractivity contribution in [2.45, 2.75) is 32.7 Å². The standard InChI is InChI=1S/C10H24N2O3S/c1-10(2)11-6-4-5-9-16(13,14)12-7-8-15-3/h10-12H,4-9H2,1-3H3. The number of hydrogen-bond acceptors (Lipinski definition) is 4. The van der Waals surface area contributed by atoms with Crippen molar-refractivity contribution in [1.29, 1.82) is 0 Å². The number of nitrogens with one attached hydrogen (secondary N) is 2.